The molecular weight excluding hydrogens is 696 g/mol. The van der Waals surface area contributed by atoms with Crippen molar-refractivity contribution in [3.63, 3.8) is 0 Å². The molecule has 1 N–H and O–H groups in total. The first-order chi connectivity index (χ1) is 26.2. The summed E-state index contributed by atoms with van der Waals surface area (Å²) in [7, 11) is 9.33. The number of methoxy groups -OCH3 is 6. The molecule has 0 spiro atoms. The molecule has 12 nitrogen and oxygen atoms in total. The maximum Gasteiger partial charge on any atom is 0.309 e. The summed E-state index contributed by atoms with van der Waals surface area (Å²) in [6.45, 7) is 0.610. The van der Waals surface area contributed by atoms with Gasteiger partial charge in [-0.25, -0.2) is 0 Å². The smallest absolute Gasteiger partial charge is 0.309 e. The molecule has 0 saturated carbocycles. The van der Waals surface area contributed by atoms with E-state index in [1.54, 1.807) is 46.6 Å². The summed E-state index contributed by atoms with van der Waals surface area (Å²) in [5, 5.41) is 11.1. The summed E-state index contributed by atoms with van der Waals surface area (Å²) in [5.74, 6) is 1.92. The Labute approximate surface area is 314 Å². The molecule has 12 heteroatoms. The Morgan fingerprint density at radius 3 is 1.31 bits per heavy atom. The zero-order chi connectivity index (χ0) is 38.4. The van der Waals surface area contributed by atoms with Crippen molar-refractivity contribution in [2.24, 2.45) is 23.7 Å². The Balaban J connectivity index is 1.18. The molecule has 2 fully saturated rings. The Morgan fingerprint density at radius 2 is 0.852 bits per heavy atom. The van der Waals surface area contributed by atoms with Gasteiger partial charge in [0, 0.05) is 11.8 Å². The minimum absolute atomic E-state index is 0.0412. The van der Waals surface area contributed by atoms with Crippen LogP contribution >= 0.6 is 0 Å². The van der Waals surface area contributed by atoms with Crippen LogP contribution in [0.4, 0.5) is 0 Å². The van der Waals surface area contributed by atoms with Crippen molar-refractivity contribution in [1.29, 1.82) is 0 Å². The first-order valence-electron chi connectivity index (χ1n) is 17.7. The molecular formula is C42H46O12. The lowest BCUT2D eigenvalue weighted by molar-refractivity contribution is -0.142. The number of ether oxygens (including phenoxy) is 9. The van der Waals surface area contributed by atoms with Crippen molar-refractivity contribution < 1.29 is 57.3 Å². The first-order valence-corrected chi connectivity index (χ1v) is 17.7. The van der Waals surface area contributed by atoms with Crippen LogP contribution in [0.5, 0.6) is 51.7 Å². The van der Waals surface area contributed by atoms with E-state index in [4.69, 9.17) is 42.6 Å². The number of carbonyl (C=O) groups is 2. The van der Waals surface area contributed by atoms with Crippen molar-refractivity contribution in [3.05, 3.63) is 89.0 Å². The van der Waals surface area contributed by atoms with Crippen LogP contribution in [0.3, 0.4) is 0 Å². The molecule has 4 aromatic rings. The quantitative estimate of drug-likeness (QED) is 0.128. The van der Waals surface area contributed by atoms with Crippen LogP contribution in [0, 0.1) is 23.7 Å². The molecule has 54 heavy (non-hydrogen) atoms. The molecule has 2 aliphatic heterocycles. The van der Waals surface area contributed by atoms with Gasteiger partial charge in [0.2, 0.25) is 5.75 Å². The molecule has 286 valence electrons. The lowest BCUT2D eigenvalue weighted by Gasteiger charge is -2.19. The third-order valence-electron chi connectivity index (χ3n) is 10.2. The van der Waals surface area contributed by atoms with Gasteiger partial charge in [0.25, 0.3) is 0 Å². The average molecular weight is 743 g/mol. The summed E-state index contributed by atoms with van der Waals surface area (Å²) in [6, 6.07) is 20.3. The summed E-state index contributed by atoms with van der Waals surface area (Å²) in [6.07, 6.45) is 1.99. The summed E-state index contributed by atoms with van der Waals surface area (Å²) in [4.78, 5) is 25.9. The Bertz CT molecular complexity index is 1970. The fourth-order valence-corrected chi connectivity index (χ4v) is 7.27. The first kappa shape index (κ1) is 38.0. The third-order valence-corrected chi connectivity index (χ3v) is 10.2. The lowest BCUT2D eigenvalue weighted by atomic mass is 9.85. The molecule has 4 atom stereocenters. The van der Waals surface area contributed by atoms with Crippen LogP contribution in [-0.4, -0.2) is 72.9 Å². The normalized spacial score (nSPS) is 19.1. The number of phenols is 1. The molecule has 2 saturated heterocycles. The van der Waals surface area contributed by atoms with Gasteiger partial charge < -0.3 is 47.7 Å². The maximum absolute atomic E-state index is 13.0. The highest BCUT2D eigenvalue weighted by atomic mass is 16.5. The van der Waals surface area contributed by atoms with Gasteiger partial charge in [-0.05, 0) is 96.5 Å². The lowest BCUT2D eigenvalue weighted by Crippen LogP contribution is -2.21. The highest BCUT2D eigenvalue weighted by Crippen LogP contribution is 2.44. The van der Waals surface area contributed by atoms with E-state index in [9.17, 15) is 14.7 Å². The number of hydrogen-bond acceptors (Lipinski definition) is 12. The van der Waals surface area contributed by atoms with Gasteiger partial charge in [-0.15, -0.1) is 0 Å². The van der Waals surface area contributed by atoms with Crippen LogP contribution in [0.15, 0.2) is 66.7 Å². The predicted molar refractivity (Wildman–Crippen MR) is 198 cm³/mol. The number of esters is 2. The molecule has 2 heterocycles. The van der Waals surface area contributed by atoms with Gasteiger partial charge in [-0.3, -0.25) is 9.59 Å². The van der Waals surface area contributed by atoms with Crippen LogP contribution in [0.2, 0.25) is 0 Å². The predicted octanol–water partition coefficient (Wildman–Crippen LogP) is 6.38. The Morgan fingerprint density at radius 1 is 0.481 bits per heavy atom. The highest BCUT2D eigenvalue weighted by Gasteiger charge is 2.38. The van der Waals surface area contributed by atoms with Crippen molar-refractivity contribution in [2.45, 2.75) is 25.7 Å². The second-order valence-electron chi connectivity index (χ2n) is 13.4. The SMILES string of the molecule is COc1ccc(C[C@@H]2COC(=O)[C@H]2Cc2cc(OC)c(O)c(Oc3ccc(C[C@H]4C(=O)OC[C@@H]4Cc4ccc(OC)c(OC)c4)cc3OC)c2)cc1OC. The van der Waals surface area contributed by atoms with Crippen molar-refractivity contribution in [1.82, 2.24) is 0 Å². The van der Waals surface area contributed by atoms with Gasteiger partial charge in [0.15, 0.2) is 46.0 Å². The minimum atomic E-state index is -0.438. The zero-order valence-electron chi connectivity index (χ0n) is 31.3. The molecule has 0 radical (unpaired) electrons. The largest absolute Gasteiger partial charge is 0.502 e. The van der Waals surface area contributed by atoms with E-state index in [0.717, 1.165) is 22.3 Å². The average Bonchev–Trinajstić information content (AvgIpc) is 3.71. The van der Waals surface area contributed by atoms with E-state index in [2.05, 4.69) is 0 Å². The third kappa shape index (κ3) is 8.22. The maximum atomic E-state index is 13.0. The fraction of sp³-hybridized carbons (Fsp3) is 0.381. The van der Waals surface area contributed by atoms with E-state index in [-0.39, 0.29) is 53.5 Å². The van der Waals surface area contributed by atoms with Crippen LogP contribution in [-0.2, 0) is 44.7 Å². The van der Waals surface area contributed by atoms with E-state index < -0.39 is 5.92 Å². The number of aromatic hydroxyl groups is 1. The monoisotopic (exact) mass is 742 g/mol. The zero-order valence-corrected chi connectivity index (χ0v) is 31.3. The summed E-state index contributed by atoms with van der Waals surface area (Å²) < 4.78 is 50.2. The number of benzene rings is 4. The Hall–Kier alpha value is -5.78. The molecule has 0 aromatic heterocycles. The van der Waals surface area contributed by atoms with Gasteiger partial charge in [0.05, 0.1) is 67.7 Å². The van der Waals surface area contributed by atoms with Crippen LogP contribution in [0.1, 0.15) is 22.3 Å². The second-order valence-corrected chi connectivity index (χ2v) is 13.4. The van der Waals surface area contributed by atoms with E-state index in [1.807, 2.05) is 48.5 Å². The molecule has 2 aliphatic rings. The molecule has 6 rings (SSSR count). The van der Waals surface area contributed by atoms with E-state index in [0.29, 0.717) is 66.8 Å². The molecule has 0 unspecified atom stereocenters. The molecule has 4 aromatic carbocycles. The minimum Gasteiger partial charge on any atom is -0.502 e. The second kappa shape index (κ2) is 16.9. The van der Waals surface area contributed by atoms with Gasteiger partial charge in [0.1, 0.15) is 0 Å². The van der Waals surface area contributed by atoms with Gasteiger partial charge in [-0.1, -0.05) is 18.2 Å². The van der Waals surface area contributed by atoms with Gasteiger partial charge in [-0.2, -0.15) is 0 Å². The van der Waals surface area contributed by atoms with E-state index in [1.165, 1.54) is 14.2 Å². The number of carbonyl (C=O) groups excluding carboxylic acids is 2. The van der Waals surface area contributed by atoms with E-state index >= 15 is 0 Å². The fourth-order valence-electron chi connectivity index (χ4n) is 7.27. The van der Waals surface area contributed by atoms with Crippen molar-refractivity contribution in [2.75, 3.05) is 55.9 Å². The van der Waals surface area contributed by atoms with Crippen LogP contribution in [0.25, 0.3) is 0 Å². The molecule has 0 amide bonds. The number of rotatable bonds is 16. The van der Waals surface area contributed by atoms with Crippen molar-refractivity contribution >= 4 is 11.9 Å². The topological polar surface area (TPSA) is 137 Å². The number of cyclic esters (lactones) is 2. The highest BCUT2D eigenvalue weighted by molar-refractivity contribution is 5.76. The standard InChI is InChI=1S/C42H46O12/c1-46-32-10-7-24(17-35(32)48-3)13-28-22-52-41(44)30(28)15-26-9-12-34(37(19-26)50-5)54-39-21-27(20-38(51-6)40(39)43)16-31-29(23-53-42(31)45)14-25-8-11-33(47-2)36(18-25)49-4/h7-12,17-21,28-31,43H,13-16,22-23H2,1-6H3/t28-,29+,30+,31-/m0/s1. The molecule has 0 bridgehead atoms. The number of phenolic OH excluding ortho intramolecular Hbond substituents is 1. The number of hydrogen-bond donors (Lipinski definition) is 1. The molecule has 0 aliphatic carbocycles. The Kier molecular flexibility index (Phi) is 11.9. The van der Waals surface area contributed by atoms with Crippen molar-refractivity contribution in [3.8, 4) is 51.7 Å². The van der Waals surface area contributed by atoms with Crippen LogP contribution < -0.4 is 33.2 Å². The summed E-state index contributed by atoms with van der Waals surface area (Å²) >= 11 is 0. The van der Waals surface area contributed by atoms with Gasteiger partial charge >= 0.3 is 11.9 Å². The summed E-state index contributed by atoms with van der Waals surface area (Å²) in [5.41, 5.74) is 3.58.